The number of aliphatic carboxylic acids is 1. The van der Waals surface area contributed by atoms with Gasteiger partial charge in [0.2, 0.25) is 0 Å². The van der Waals surface area contributed by atoms with Crippen LogP contribution in [0, 0.1) is 0 Å². The molecule has 0 heterocycles. The number of benzene rings is 1. The third-order valence-electron chi connectivity index (χ3n) is 3.28. The number of ether oxygens (including phenoxy) is 2. The van der Waals surface area contributed by atoms with Gasteiger partial charge in [-0.25, -0.2) is 4.79 Å². The molecule has 0 aliphatic heterocycles. The van der Waals surface area contributed by atoms with E-state index in [9.17, 15) is 14.7 Å². The van der Waals surface area contributed by atoms with Crippen LogP contribution in [0.4, 0.5) is 4.79 Å². The van der Waals surface area contributed by atoms with E-state index >= 15 is 0 Å². The molecule has 25 heavy (non-hydrogen) atoms. The minimum absolute atomic E-state index is 0.0659. The highest BCUT2D eigenvalue weighted by Crippen LogP contribution is 2.32. The zero-order valence-electron chi connectivity index (χ0n) is 15.4. The molecule has 1 rings (SSSR count). The molecule has 0 bridgehead atoms. The van der Waals surface area contributed by atoms with E-state index in [1.165, 1.54) is 11.8 Å². The summed E-state index contributed by atoms with van der Waals surface area (Å²) in [7, 11) is 1.61. The maximum absolute atomic E-state index is 11.8. The van der Waals surface area contributed by atoms with Crippen molar-refractivity contribution in [3.05, 3.63) is 29.8 Å². The van der Waals surface area contributed by atoms with Gasteiger partial charge in [-0.2, -0.15) is 0 Å². The van der Waals surface area contributed by atoms with Crippen LogP contribution in [0.3, 0.4) is 0 Å². The highest BCUT2D eigenvalue weighted by molar-refractivity contribution is 7.99. The third-order valence-corrected chi connectivity index (χ3v) is 4.74. The number of nitrogens with one attached hydrogen (secondary N) is 1. The molecule has 6 nitrogen and oxygen atoms in total. The highest BCUT2D eigenvalue weighted by atomic mass is 32.2. The predicted molar refractivity (Wildman–Crippen MR) is 99.2 cm³/mol. The maximum Gasteiger partial charge on any atom is 0.407 e. The molecule has 0 saturated carbocycles. The van der Waals surface area contributed by atoms with Crippen LogP contribution in [0.1, 0.15) is 39.7 Å². The fourth-order valence-corrected chi connectivity index (χ4v) is 3.14. The van der Waals surface area contributed by atoms with Crippen molar-refractivity contribution in [1.82, 2.24) is 5.32 Å². The van der Waals surface area contributed by atoms with Gasteiger partial charge in [-0.15, -0.1) is 11.8 Å². The Bertz CT molecular complexity index is 582. The van der Waals surface area contributed by atoms with Crippen molar-refractivity contribution in [3.8, 4) is 5.75 Å². The number of amides is 1. The van der Waals surface area contributed by atoms with Crippen molar-refractivity contribution < 1.29 is 24.2 Å². The van der Waals surface area contributed by atoms with E-state index in [4.69, 9.17) is 9.47 Å². The van der Waals surface area contributed by atoms with Gasteiger partial charge in [0.05, 0.1) is 13.5 Å². The Morgan fingerprint density at radius 1 is 1.16 bits per heavy atom. The molecule has 1 amide bonds. The Morgan fingerprint density at radius 2 is 1.76 bits per heavy atom. The fourth-order valence-electron chi connectivity index (χ4n) is 2.04. The van der Waals surface area contributed by atoms with Crippen LogP contribution in [0.5, 0.6) is 5.75 Å². The number of hydrogen-bond donors (Lipinski definition) is 2. The minimum atomic E-state index is -0.907. The van der Waals surface area contributed by atoms with Crippen molar-refractivity contribution >= 4 is 23.8 Å². The molecule has 0 radical (unpaired) electrons. The summed E-state index contributed by atoms with van der Waals surface area (Å²) in [5.74, 6) is 0.494. The smallest absolute Gasteiger partial charge is 0.407 e. The molecule has 140 valence electrons. The van der Waals surface area contributed by atoms with E-state index in [-0.39, 0.29) is 13.0 Å². The first-order chi connectivity index (χ1) is 11.5. The first-order valence-electron chi connectivity index (χ1n) is 7.98. The summed E-state index contributed by atoms with van der Waals surface area (Å²) in [6.45, 7) is 7.37. The van der Waals surface area contributed by atoms with Crippen molar-refractivity contribution in [1.29, 1.82) is 0 Å². The second-order valence-electron chi connectivity index (χ2n) is 7.01. The molecule has 1 aromatic rings. The van der Waals surface area contributed by atoms with Crippen molar-refractivity contribution in [2.45, 2.75) is 50.2 Å². The number of rotatable bonds is 8. The molecule has 1 atom stereocenters. The monoisotopic (exact) mass is 369 g/mol. The lowest BCUT2D eigenvalue weighted by Gasteiger charge is -2.28. The summed E-state index contributed by atoms with van der Waals surface area (Å²) in [6, 6.07) is 7.61. The van der Waals surface area contributed by atoms with Gasteiger partial charge in [0.1, 0.15) is 11.4 Å². The quantitative estimate of drug-likeness (QED) is 0.727. The Balaban J connectivity index is 2.66. The molecule has 0 spiro atoms. The summed E-state index contributed by atoms with van der Waals surface area (Å²) in [5, 5.41) is 11.9. The van der Waals surface area contributed by atoms with Gasteiger partial charge in [-0.05, 0) is 45.4 Å². The molecule has 0 saturated heterocycles. The lowest BCUT2D eigenvalue weighted by Crippen LogP contribution is -2.42. The Labute approximate surface area is 153 Å². The van der Waals surface area contributed by atoms with E-state index in [0.717, 1.165) is 11.3 Å². The maximum atomic E-state index is 11.8. The van der Waals surface area contributed by atoms with E-state index < -0.39 is 22.4 Å². The lowest BCUT2D eigenvalue weighted by atomic mass is 10.1. The normalized spacial score (nSPS) is 13.6. The van der Waals surface area contributed by atoms with Crippen LogP contribution >= 0.6 is 11.8 Å². The van der Waals surface area contributed by atoms with Gasteiger partial charge in [-0.1, -0.05) is 12.1 Å². The largest absolute Gasteiger partial charge is 0.497 e. The lowest BCUT2D eigenvalue weighted by molar-refractivity contribution is -0.137. The summed E-state index contributed by atoms with van der Waals surface area (Å²) < 4.78 is 9.68. The standard InChI is InChI=1S/C18H27NO5S/c1-17(2,3)24-16(22)19-12-18(4,10-15(20)21)25-11-13-6-8-14(23-5)9-7-13/h6-9H,10-12H2,1-5H3,(H,19,22)(H,20,21). The van der Waals surface area contributed by atoms with Gasteiger partial charge < -0.3 is 19.9 Å². The van der Waals surface area contributed by atoms with Gasteiger partial charge in [0.25, 0.3) is 0 Å². The molecule has 0 fully saturated rings. The molecule has 1 aromatic carbocycles. The number of carbonyl (C=O) groups is 2. The fraction of sp³-hybridized carbons (Fsp3) is 0.556. The Morgan fingerprint density at radius 3 is 2.24 bits per heavy atom. The van der Waals surface area contributed by atoms with Gasteiger partial charge in [0.15, 0.2) is 0 Å². The summed E-state index contributed by atoms with van der Waals surface area (Å²) in [4.78, 5) is 23.0. The molecular formula is C18H27NO5S. The van der Waals surface area contributed by atoms with E-state index in [0.29, 0.717) is 5.75 Å². The molecular weight excluding hydrogens is 342 g/mol. The van der Waals surface area contributed by atoms with Crippen LogP contribution in [0.25, 0.3) is 0 Å². The summed E-state index contributed by atoms with van der Waals surface area (Å²) >= 11 is 1.49. The summed E-state index contributed by atoms with van der Waals surface area (Å²) in [5.41, 5.74) is 0.462. The van der Waals surface area contributed by atoms with Gasteiger partial charge in [-0.3, -0.25) is 4.79 Å². The number of hydrogen-bond acceptors (Lipinski definition) is 5. The number of methoxy groups -OCH3 is 1. The second-order valence-corrected chi connectivity index (χ2v) is 8.58. The molecule has 2 N–H and O–H groups in total. The number of carboxylic acids is 1. The van der Waals surface area contributed by atoms with Crippen LogP contribution in [0.15, 0.2) is 24.3 Å². The topological polar surface area (TPSA) is 84.9 Å². The van der Waals surface area contributed by atoms with E-state index in [1.807, 2.05) is 31.2 Å². The molecule has 1 unspecified atom stereocenters. The number of thioether (sulfide) groups is 1. The second kappa shape index (κ2) is 8.99. The number of carboxylic acid groups (broad SMARTS) is 1. The van der Waals surface area contributed by atoms with Crippen LogP contribution < -0.4 is 10.1 Å². The van der Waals surface area contributed by atoms with Crippen LogP contribution in [-0.2, 0) is 15.3 Å². The summed E-state index contributed by atoms with van der Waals surface area (Å²) in [6.07, 6.45) is -0.613. The number of carbonyl (C=O) groups excluding carboxylic acids is 1. The van der Waals surface area contributed by atoms with Crippen molar-refractivity contribution in [2.24, 2.45) is 0 Å². The molecule has 0 aliphatic carbocycles. The molecule has 0 aromatic heterocycles. The molecule has 7 heteroatoms. The van der Waals surface area contributed by atoms with Crippen LogP contribution in [-0.4, -0.2) is 41.2 Å². The average molecular weight is 369 g/mol. The third kappa shape index (κ3) is 8.67. The Kier molecular flexibility index (Phi) is 7.60. The highest BCUT2D eigenvalue weighted by Gasteiger charge is 2.29. The first-order valence-corrected chi connectivity index (χ1v) is 8.97. The average Bonchev–Trinajstić information content (AvgIpc) is 2.49. The van der Waals surface area contributed by atoms with Gasteiger partial charge >= 0.3 is 12.1 Å². The van der Waals surface area contributed by atoms with Gasteiger partial charge in [0, 0.05) is 17.0 Å². The van der Waals surface area contributed by atoms with Crippen molar-refractivity contribution in [2.75, 3.05) is 13.7 Å². The SMILES string of the molecule is COc1ccc(CSC(C)(CNC(=O)OC(C)(C)C)CC(=O)O)cc1. The zero-order chi connectivity index (χ0) is 19.1. The van der Waals surface area contributed by atoms with Crippen molar-refractivity contribution in [3.63, 3.8) is 0 Å². The van der Waals surface area contributed by atoms with Crippen LogP contribution in [0.2, 0.25) is 0 Å². The zero-order valence-corrected chi connectivity index (χ0v) is 16.2. The van der Waals surface area contributed by atoms with E-state index in [2.05, 4.69) is 5.32 Å². The number of alkyl carbamates (subject to hydrolysis) is 1. The van der Waals surface area contributed by atoms with E-state index in [1.54, 1.807) is 27.9 Å². The Hall–Kier alpha value is -1.89. The first kappa shape index (κ1) is 21.2. The molecule has 0 aliphatic rings. The predicted octanol–water partition coefficient (Wildman–Crippen LogP) is 3.69. The minimum Gasteiger partial charge on any atom is -0.497 e.